The number of carbonyl (C=O) groups excluding carboxylic acids is 1. The molecule has 2 nitrogen and oxygen atoms in total. The van der Waals surface area contributed by atoms with E-state index >= 15 is 0 Å². The molecule has 0 aromatic carbocycles. The van der Waals surface area contributed by atoms with Crippen LogP contribution in [0.4, 0.5) is 0 Å². The number of carbonyl (C=O) groups is 1. The fraction of sp³-hybridized carbons (Fsp3) is 0.545. The molecule has 14 heavy (non-hydrogen) atoms. The fourth-order valence-electron chi connectivity index (χ4n) is 1.89. The summed E-state index contributed by atoms with van der Waals surface area (Å²) in [4.78, 5) is 13.0. The summed E-state index contributed by atoms with van der Waals surface area (Å²) in [7, 11) is 0. The van der Waals surface area contributed by atoms with Crippen LogP contribution in [0, 0.1) is 5.92 Å². The van der Waals surface area contributed by atoms with Gasteiger partial charge in [0.2, 0.25) is 0 Å². The highest BCUT2D eigenvalue weighted by molar-refractivity contribution is 7.07. The summed E-state index contributed by atoms with van der Waals surface area (Å²) in [6, 6.07) is 2.18. The van der Waals surface area contributed by atoms with Gasteiger partial charge in [-0.1, -0.05) is 0 Å². The zero-order valence-corrected chi connectivity index (χ0v) is 9.00. The third-order valence-corrected chi connectivity index (χ3v) is 3.54. The van der Waals surface area contributed by atoms with Gasteiger partial charge in [0.25, 0.3) is 0 Å². The van der Waals surface area contributed by atoms with Gasteiger partial charge in [0, 0.05) is 12.5 Å². The van der Waals surface area contributed by atoms with Crippen molar-refractivity contribution in [2.45, 2.75) is 19.4 Å². The number of rotatable bonds is 3. The van der Waals surface area contributed by atoms with Crippen molar-refractivity contribution in [3.8, 4) is 0 Å². The quantitative estimate of drug-likeness (QED) is 0.711. The van der Waals surface area contributed by atoms with Gasteiger partial charge in [-0.25, -0.2) is 0 Å². The molecule has 0 bridgehead atoms. The monoisotopic (exact) mass is 209 g/mol. The van der Waals surface area contributed by atoms with Crippen LogP contribution in [0.15, 0.2) is 16.8 Å². The van der Waals surface area contributed by atoms with Crippen LogP contribution in [-0.4, -0.2) is 24.3 Å². The zero-order chi connectivity index (χ0) is 9.80. The van der Waals surface area contributed by atoms with Crippen LogP contribution in [-0.2, 0) is 11.3 Å². The van der Waals surface area contributed by atoms with Crippen molar-refractivity contribution in [2.75, 3.05) is 13.1 Å². The molecule has 0 saturated carbocycles. The molecule has 1 aromatic rings. The molecule has 2 rings (SSSR count). The molecule has 1 aliphatic heterocycles. The van der Waals surface area contributed by atoms with Gasteiger partial charge < -0.3 is 4.79 Å². The van der Waals surface area contributed by atoms with Crippen molar-refractivity contribution >= 4 is 17.6 Å². The van der Waals surface area contributed by atoms with Crippen molar-refractivity contribution in [2.24, 2.45) is 5.92 Å². The lowest BCUT2D eigenvalue weighted by Gasteiger charge is -2.29. The highest BCUT2D eigenvalue weighted by Crippen LogP contribution is 2.17. The summed E-state index contributed by atoms with van der Waals surface area (Å²) >= 11 is 1.75. The van der Waals surface area contributed by atoms with Crippen molar-refractivity contribution in [1.29, 1.82) is 0 Å². The smallest absolute Gasteiger partial charge is 0.123 e. The third kappa shape index (κ3) is 2.42. The highest BCUT2D eigenvalue weighted by atomic mass is 32.1. The Hall–Kier alpha value is -0.670. The van der Waals surface area contributed by atoms with Crippen LogP contribution in [0.3, 0.4) is 0 Å². The lowest BCUT2D eigenvalue weighted by molar-refractivity contribution is -0.112. The molecule has 3 heteroatoms. The first-order valence-electron chi connectivity index (χ1n) is 5.07. The molecule has 1 aliphatic rings. The number of thiophene rings is 1. The van der Waals surface area contributed by atoms with Gasteiger partial charge in [0.1, 0.15) is 6.29 Å². The second-order valence-corrected chi connectivity index (χ2v) is 4.66. The lowest BCUT2D eigenvalue weighted by atomic mass is 9.98. The molecular formula is C11H15NOS. The molecule has 0 atom stereocenters. The maximum absolute atomic E-state index is 10.6. The molecule has 0 spiro atoms. The molecular weight excluding hydrogens is 194 g/mol. The highest BCUT2D eigenvalue weighted by Gasteiger charge is 2.18. The summed E-state index contributed by atoms with van der Waals surface area (Å²) in [6.07, 6.45) is 3.18. The Morgan fingerprint density at radius 1 is 1.50 bits per heavy atom. The molecule has 76 valence electrons. The Balaban J connectivity index is 1.81. The van der Waals surface area contributed by atoms with Crippen LogP contribution in [0.5, 0.6) is 0 Å². The normalized spacial score (nSPS) is 19.7. The van der Waals surface area contributed by atoms with Crippen LogP contribution in [0.25, 0.3) is 0 Å². The summed E-state index contributed by atoms with van der Waals surface area (Å²) in [5.74, 6) is 0.314. The second kappa shape index (κ2) is 4.71. The van der Waals surface area contributed by atoms with Gasteiger partial charge in [-0.15, -0.1) is 0 Å². The summed E-state index contributed by atoms with van der Waals surface area (Å²) < 4.78 is 0. The van der Waals surface area contributed by atoms with Gasteiger partial charge in [-0.05, 0) is 48.3 Å². The molecule has 2 heterocycles. The fourth-order valence-corrected chi connectivity index (χ4v) is 2.55. The Morgan fingerprint density at radius 2 is 2.29 bits per heavy atom. The van der Waals surface area contributed by atoms with Crippen LogP contribution < -0.4 is 0 Å². The summed E-state index contributed by atoms with van der Waals surface area (Å²) in [5.41, 5.74) is 1.40. The standard InChI is InChI=1S/C11H15NOS/c13-8-10-1-4-12(5-2-10)7-11-3-6-14-9-11/h3,6,8-10H,1-2,4-5,7H2. The van der Waals surface area contributed by atoms with E-state index in [0.29, 0.717) is 5.92 Å². The van der Waals surface area contributed by atoms with Crippen molar-refractivity contribution in [1.82, 2.24) is 4.90 Å². The first-order valence-corrected chi connectivity index (χ1v) is 6.01. The second-order valence-electron chi connectivity index (χ2n) is 3.88. The average molecular weight is 209 g/mol. The van der Waals surface area contributed by atoms with Crippen LogP contribution in [0.1, 0.15) is 18.4 Å². The van der Waals surface area contributed by atoms with E-state index in [-0.39, 0.29) is 0 Å². The van der Waals surface area contributed by atoms with E-state index in [1.165, 1.54) is 5.56 Å². The Labute approximate surface area is 88.5 Å². The van der Waals surface area contributed by atoms with E-state index in [1.807, 2.05) is 0 Å². The Kier molecular flexibility index (Phi) is 3.32. The first kappa shape index (κ1) is 9.87. The van der Waals surface area contributed by atoms with E-state index in [1.54, 1.807) is 11.3 Å². The molecule has 1 saturated heterocycles. The molecule has 0 aliphatic carbocycles. The van der Waals surface area contributed by atoms with Gasteiger partial charge >= 0.3 is 0 Å². The van der Waals surface area contributed by atoms with Crippen LogP contribution >= 0.6 is 11.3 Å². The van der Waals surface area contributed by atoms with E-state index in [4.69, 9.17) is 0 Å². The molecule has 1 aromatic heterocycles. The lowest BCUT2D eigenvalue weighted by Crippen LogP contribution is -2.33. The summed E-state index contributed by atoms with van der Waals surface area (Å²) in [6.45, 7) is 3.19. The van der Waals surface area contributed by atoms with Gasteiger partial charge in [-0.2, -0.15) is 11.3 Å². The molecule has 0 amide bonds. The van der Waals surface area contributed by atoms with E-state index in [0.717, 1.165) is 38.8 Å². The molecule has 0 unspecified atom stereocenters. The van der Waals surface area contributed by atoms with Gasteiger partial charge in [-0.3, -0.25) is 4.90 Å². The van der Waals surface area contributed by atoms with Crippen molar-refractivity contribution < 1.29 is 4.79 Å². The predicted octanol–water partition coefficient (Wildman–Crippen LogP) is 2.16. The van der Waals surface area contributed by atoms with Gasteiger partial charge in [0.05, 0.1) is 0 Å². The number of hydrogen-bond acceptors (Lipinski definition) is 3. The van der Waals surface area contributed by atoms with Crippen molar-refractivity contribution in [3.63, 3.8) is 0 Å². The Morgan fingerprint density at radius 3 is 2.86 bits per heavy atom. The van der Waals surface area contributed by atoms with Crippen LogP contribution in [0.2, 0.25) is 0 Å². The maximum atomic E-state index is 10.6. The molecule has 0 N–H and O–H groups in total. The SMILES string of the molecule is O=CC1CCN(Cc2ccsc2)CC1. The average Bonchev–Trinajstić information content (AvgIpc) is 2.72. The third-order valence-electron chi connectivity index (χ3n) is 2.81. The van der Waals surface area contributed by atoms with E-state index in [2.05, 4.69) is 21.7 Å². The van der Waals surface area contributed by atoms with E-state index in [9.17, 15) is 4.79 Å². The minimum Gasteiger partial charge on any atom is -0.303 e. The molecule has 1 fully saturated rings. The number of piperidine rings is 1. The summed E-state index contributed by atoms with van der Waals surface area (Å²) in [5, 5.41) is 4.32. The topological polar surface area (TPSA) is 20.3 Å². The predicted molar refractivity (Wildman–Crippen MR) is 58.4 cm³/mol. The minimum atomic E-state index is 0.314. The number of nitrogens with zero attached hydrogens (tertiary/aromatic N) is 1. The van der Waals surface area contributed by atoms with Gasteiger partial charge in [0.15, 0.2) is 0 Å². The van der Waals surface area contributed by atoms with E-state index < -0.39 is 0 Å². The largest absolute Gasteiger partial charge is 0.303 e. The number of aldehydes is 1. The minimum absolute atomic E-state index is 0.314. The Bertz CT molecular complexity index is 275. The maximum Gasteiger partial charge on any atom is 0.123 e. The number of hydrogen-bond donors (Lipinski definition) is 0. The first-order chi connectivity index (χ1) is 6.88. The zero-order valence-electron chi connectivity index (χ0n) is 8.19. The van der Waals surface area contributed by atoms with Crippen molar-refractivity contribution in [3.05, 3.63) is 22.4 Å². The molecule has 0 radical (unpaired) electrons. The number of likely N-dealkylation sites (tertiary alicyclic amines) is 1.